The number of para-hydroxylation sites is 2. The number of nitrogens with zero attached hydrogens (tertiary/aromatic N) is 1. The van der Waals surface area contributed by atoms with Gasteiger partial charge in [-0.3, -0.25) is 4.99 Å². The van der Waals surface area contributed by atoms with Crippen LogP contribution in [0.5, 0.6) is 23.0 Å². The summed E-state index contributed by atoms with van der Waals surface area (Å²) in [6.45, 7) is 0. The molecule has 0 radical (unpaired) electrons. The van der Waals surface area contributed by atoms with E-state index in [1.807, 2.05) is 121 Å². The van der Waals surface area contributed by atoms with E-state index in [0.29, 0.717) is 0 Å². The molecule has 0 fully saturated rings. The van der Waals surface area contributed by atoms with Crippen molar-refractivity contribution in [3.63, 3.8) is 0 Å². The smallest absolute Gasteiger partial charge is 0.127 e. The zero-order valence-corrected chi connectivity index (χ0v) is 16.9. The van der Waals surface area contributed by atoms with Crippen LogP contribution in [-0.4, -0.2) is 6.21 Å². The lowest BCUT2D eigenvalue weighted by atomic mass is 10.3. The Morgan fingerprint density at radius 2 is 1.03 bits per heavy atom. The SMILES string of the molecule is C(/C=C/Nc1ccc(Oc2ccccc2)cc1)=Nc1ccc(Oc2ccccc2)cc1. The lowest BCUT2D eigenvalue weighted by Crippen LogP contribution is -1.88. The van der Waals surface area contributed by atoms with E-state index in [1.54, 1.807) is 6.21 Å². The molecule has 0 heterocycles. The number of hydrogen-bond acceptors (Lipinski definition) is 4. The molecule has 4 nitrogen and oxygen atoms in total. The van der Waals surface area contributed by atoms with E-state index < -0.39 is 0 Å². The van der Waals surface area contributed by atoms with Gasteiger partial charge in [-0.15, -0.1) is 0 Å². The molecule has 0 spiro atoms. The number of hydrogen-bond donors (Lipinski definition) is 1. The maximum atomic E-state index is 5.79. The predicted molar refractivity (Wildman–Crippen MR) is 127 cm³/mol. The van der Waals surface area contributed by atoms with Crippen LogP contribution in [-0.2, 0) is 0 Å². The van der Waals surface area contributed by atoms with Gasteiger partial charge in [0, 0.05) is 18.1 Å². The van der Waals surface area contributed by atoms with E-state index >= 15 is 0 Å². The maximum Gasteiger partial charge on any atom is 0.127 e. The molecule has 0 aliphatic carbocycles. The summed E-state index contributed by atoms with van der Waals surface area (Å²) in [5, 5.41) is 3.21. The Hall–Kier alpha value is -4.31. The van der Waals surface area contributed by atoms with Crippen molar-refractivity contribution in [2.24, 2.45) is 4.99 Å². The molecule has 4 rings (SSSR count). The Bertz CT molecular complexity index is 1120. The van der Waals surface area contributed by atoms with Gasteiger partial charge in [-0.05, 0) is 78.9 Å². The minimum atomic E-state index is 0.780. The van der Waals surface area contributed by atoms with Gasteiger partial charge in [0.05, 0.1) is 5.69 Å². The molecule has 0 atom stereocenters. The second-order valence-electron chi connectivity index (χ2n) is 6.63. The Morgan fingerprint density at radius 3 is 1.58 bits per heavy atom. The summed E-state index contributed by atoms with van der Waals surface area (Å²) in [6, 6.07) is 34.8. The van der Waals surface area contributed by atoms with Gasteiger partial charge < -0.3 is 14.8 Å². The molecule has 0 aromatic heterocycles. The van der Waals surface area contributed by atoms with Crippen molar-refractivity contribution in [1.29, 1.82) is 0 Å². The second kappa shape index (κ2) is 10.5. The third-order valence-electron chi connectivity index (χ3n) is 4.30. The van der Waals surface area contributed by atoms with Crippen molar-refractivity contribution in [3.05, 3.63) is 121 Å². The topological polar surface area (TPSA) is 42.8 Å². The highest BCUT2D eigenvalue weighted by Gasteiger charge is 1.97. The quantitative estimate of drug-likeness (QED) is 0.306. The van der Waals surface area contributed by atoms with Crippen LogP contribution in [0.15, 0.2) is 126 Å². The van der Waals surface area contributed by atoms with Crippen LogP contribution in [0.25, 0.3) is 0 Å². The first-order chi connectivity index (χ1) is 15.3. The normalized spacial score (nSPS) is 11.0. The van der Waals surface area contributed by atoms with Gasteiger partial charge >= 0.3 is 0 Å². The molecule has 0 saturated carbocycles. The number of ether oxygens (including phenoxy) is 2. The molecular weight excluding hydrogens is 384 g/mol. The van der Waals surface area contributed by atoms with Gasteiger partial charge in [0.2, 0.25) is 0 Å². The summed E-state index contributed by atoms with van der Waals surface area (Å²) in [5.74, 6) is 3.20. The summed E-state index contributed by atoms with van der Waals surface area (Å²) in [6.07, 6.45) is 5.43. The first-order valence-electron chi connectivity index (χ1n) is 9.97. The van der Waals surface area contributed by atoms with Gasteiger partial charge in [0.15, 0.2) is 0 Å². The predicted octanol–water partition coefficient (Wildman–Crippen LogP) is 7.60. The fourth-order valence-electron chi connectivity index (χ4n) is 2.79. The van der Waals surface area contributed by atoms with E-state index in [0.717, 1.165) is 34.4 Å². The molecule has 0 saturated heterocycles. The molecule has 0 unspecified atom stereocenters. The molecule has 0 aliphatic heterocycles. The summed E-state index contributed by atoms with van der Waals surface area (Å²) in [5.41, 5.74) is 1.82. The van der Waals surface area contributed by atoms with Gasteiger partial charge in [0.25, 0.3) is 0 Å². The molecule has 4 aromatic rings. The number of anilines is 1. The van der Waals surface area contributed by atoms with Crippen LogP contribution in [0, 0.1) is 0 Å². The maximum absolute atomic E-state index is 5.79. The van der Waals surface area contributed by atoms with Crippen LogP contribution >= 0.6 is 0 Å². The van der Waals surface area contributed by atoms with E-state index in [1.165, 1.54) is 0 Å². The summed E-state index contributed by atoms with van der Waals surface area (Å²) in [4.78, 5) is 4.42. The van der Waals surface area contributed by atoms with E-state index in [4.69, 9.17) is 9.47 Å². The van der Waals surface area contributed by atoms with Crippen LogP contribution in [0.4, 0.5) is 11.4 Å². The molecule has 0 aliphatic rings. The zero-order valence-electron chi connectivity index (χ0n) is 16.9. The minimum absolute atomic E-state index is 0.780. The molecular formula is C27H22N2O2. The van der Waals surface area contributed by atoms with Crippen molar-refractivity contribution >= 4 is 17.6 Å². The second-order valence-corrected chi connectivity index (χ2v) is 6.63. The average molecular weight is 406 g/mol. The summed E-state index contributed by atoms with van der Waals surface area (Å²) < 4.78 is 11.6. The highest BCUT2D eigenvalue weighted by molar-refractivity contribution is 5.75. The Balaban J connectivity index is 1.25. The van der Waals surface area contributed by atoms with Gasteiger partial charge in [0.1, 0.15) is 23.0 Å². The largest absolute Gasteiger partial charge is 0.457 e. The summed E-state index contributed by atoms with van der Waals surface area (Å²) in [7, 11) is 0. The number of nitrogens with one attached hydrogen (secondary N) is 1. The van der Waals surface area contributed by atoms with Crippen LogP contribution in [0.2, 0.25) is 0 Å². The van der Waals surface area contributed by atoms with Gasteiger partial charge in [-0.25, -0.2) is 0 Å². The molecule has 4 aromatic carbocycles. The van der Waals surface area contributed by atoms with Crippen LogP contribution in [0.1, 0.15) is 0 Å². The average Bonchev–Trinajstić information content (AvgIpc) is 2.82. The highest BCUT2D eigenvalue weighted by atomic mass is 16.5. The van der Waals surface area contributed by atoms with Crippen molar-refractivity contribution in [1.82, 2.24) is 0 Å². The number of rotatable bonds is 8. The number of benzene rings is 4. The fourth-order valence-corrected chi connectivity index (χ4v) is 2.79. The third-order valence-corrected chi connectivity index (χ3v) is 4.30. The summed E-state index contributed by atoms with van der Waals surface area (Å²) >= 11 is 0. The number of allylic oxidation sites excluding steroid dienone is 1. The van der Waals surface area contributed by atoms with Crippen molar-refractivity contribution in [2.45, 2.75) is 0 Å². The first kappa shape index (κ1) is 20.0. The van der Waals surface area contributed by atoms with E-state index in [2.05, 4.69) is 10.3 Å². The van der Waals surface area contributed by atoms with Crippen LogP contribution in [0.3, 0.4) is 0 Å². The monoisotopic (exact) mass is 406 g/mol. The number of aliphatic imine (C=N–C) groups is 1. The molecule has 31 heavy (non-hydrogen) atoms. The van der Waals surface area contributed by atoms with Gasteiger partial charge in [-0.2, -0.15) is 0 Å². The molecule has 1 N–H and O–H groups in total. The first-order valence-corrected chi connectivity index (χ1v) is 9.97. The minimum Gasteiger partial charge on any atom is -0.457 e. The van der Waals surface area contributed by atoms with E-state index in [-0.39, 0.29) is 0 Å². The van der Waals surface area contributed by atoms with E-state index in [9.17, 15) is 0 Å². The Morgan fingerprint density at radius 1 is 0.548 bits per heavy atom. The fraction of sp³-hybridized carbons (Fsp3) is 0. The lowest BCUT2D eigenvalue weighted by molar-refractivity contribution is 0.482. The zero-order chi connectivity index (χ0) is 21.1. The van der Waals surface area contributed by atoms with Gasteiger partial charge in [-0.1, -0.05) is 36.4 Å². The van der Waals surface area contributed by atoms with Crippen LogP contribution < -0.4 is 14.8 Å². The van der Waals surface area contributed by atoms with Crippen molar-refractivity contribution in [2.75, 3.05) is 5.32 Å². The lowest BCUT2D eigenvalue weighted by Gasteiger charge is -2.06. The van der Waals surface area contributed by atoms with Crippen molar-refractivity contribution in [3.8, 4) is 23.0 Å². The Labute approximate surface area is 182 Å². The molecule has 0 bridgehead atoms. The highest BCUT2D eigenvalue weighted by Crippen LogP contribution is 2.24. The van der Waals surface area contributed by atoms with Crippen molar-refractivity contribution < 1.29 is 9.47 Å². The molecule has 4 heteroatoms. The molecule has 0 amide bonds. The standard InChI is InChI=1S/C27H22N2O2/c1-3-8-24(9-4-1)30-26-16-12-22(13-17-26)28-20-7-21-29-23-14-18-27(19-15-23)31-25-10-5-2-6-11-25/h1-21,28H/b20-7+,29-21?. The Kier molecular flexibility index (Phi) is 6.74. The third kappa shape index (κ3) is 6.34. The molecule has 152 valence electrons.